The normalized spacial score (nSPS) is 25.4. The molecule has 5 aromatic rings. The molecular formula is C54H62N4O9. The van der Waals surface area contributed by atoms with Gasteiger partial charge in [-0.25, -0.2) is 0 Å². The van der Waals surface area contributed by atoms with Crippen LogP contribution in [0.4, 0.5) is 0 Å². The minimum Gasteiger partial charge on any atom is -0.507 e. The Kier molecular flexibility index (Phi) is 12.3. The molecule has 13 heteroatoms. The fourth-order valence-electron chi connectivity index (χ4n) is 11.5. The highest BCUT2D eigenvalue weighted by molar-refractivity contribution is 5.89. The van der Waals surface area contributed by atoms with E-state index in [-0.39, 0.29) is 62.1 Å². The first-order chi connectivity index (χ1) is 32.4. The summed E-state index contributed by atoms with van der Waals surface area (Å²) in [5.74, 6) is 8.76. The number of aromatic nitrogens is 1. The van der Waals surface area contributed by atoms with E-state index < -0.39 is 35.6 Å². The molecular weight excluding hydrogens is 849 g/mol. The van der Waals surface area contributed by atoms with Gasteiger partial charge in [-0.3, -0.25) is 10.6 Å². The van der Waals surface area contributed by atoms with E-state index in [0.29, 0.717) is 61.6 Å². The van der Waals surface area contributed by atoms with Crippen molar-refractivity contribution >= 4 is 17.0 Å². The molecule has 8 atom stereocenters. The molecule has 0 unspecified atom stereocenters. The van der Waals surface area contributed by atoms with E-state index in [4.69, 9.17) is 18.9 Å². The SMILES string of the molecule is CNCO[C@]12Cc3c4c(c5c(c3O[C@@H]1c1ccc(O)c(c1)O[C@@H](CO)CC#C[C@@H]2NCNC[C@@](C)(O)CC(C)C)CC[C@@H](CO)O5)-c1ccc(O)c2c1[C@@H](C4)[C@@H](c1ccc3[nH]ccc3c1)C=C2. The van der Waals surface area contributed by atoms with Gasteiger partial charge in [-0.05, 0) is 121 Å². The number of hydrogen-bond acceptors (Lipinski definition) is 12. The Morgan fingerprint density at radius 1 is 0.940 bits per heavy atom. The molecule has 2 bridgehead atoms. The third-order valence-electron chi connectivity index (χ3n) is 14.4. The van der Waals surface area contributed by atoms with Crippen molar-refractivity contribution in [1.29, 1.82) is 0 Å². The van der Waals surface area contributed by atoms with Crippen molar-refractivity contribution in [1.82, 2.24) is 20.9 Å². The number of phenols is 2. The van der Waals surface area contributed by atoms with Crippen molar-refractivity contribution in [3.8, 4) is 51.7 Å². The van der Waals surface area contributed by atoms with Crippen molar-refractivity contribution in [2.24, 2.45) is 5.92 Å². The van der Waals surface area contributed by atoms with Gasteiger partial charge in [0, 0.05) is 65.9 Å². The number of fused-ring (bicyclic) bond motifs is 12. The van der Waals surface area contributed by atoms with Crippen LogP contribution in [0.2, 0.25) is 0 Å². The number of benzene rings is 4. The fraction of sp³-hybridized carbons (Fsp3) is 0.444. The molecule has 0 fully saturated rings. The molecule has 0 saturated heterocycles. The van der Waals surface area contributed by atoms with Crippen molar-refractivity contribution in [3.05, 3.63) is 106 Å². The number of ether oxygens (including phenoxy) is 4. The largest absolute Gasteiger partial charge is 0.507 e. The number of aromatic amines is 1. The monoisotopic (exact) mass is 910 g/mol. The van der Waals surface area contributed by atoms with Gasteiger partial charge in [0.15, 0.2) is 17.6 Å². The number of aromatic hydroxyl groups is 2. The highest BCUT2D eigenvalue weighted by Gasteiger charge is 2.55. The molecule has 3 aliphatic heterocycles. The van der Waals surface area contributed by atoms with Gasteiger partial charge in [-0.15, -0.1) is 0 Å². The third kappa shape index (κ3) is 8.22. The zero-order chi connectivity index (χ0) is 46.6. The number of aliphatic hydroxyl groups is 3. The Hall–Kier alpha value is -5.56. The van der Waals surface area contributed by atoms with Gasteiger partial charge in [0.2, 0.25) is 0 Å². The van der Waals surface area contributed by atoms with E-state index in [0.717, 1.165) is 49.8 Å². The summed E-state index contributed by atoms with van der Waals surface area (Å²) in [7, 11) is 1.83. The number of allylic oxidation sites excluding steroid dienone is 1. The minimum absolute atomic E-state index is 0.0309. The molecule has 352 valence electrons. The summed E-state index contributed by atoms with van der Waals surface area (Å²) in [6.45, 7) is 6.32. The lowest BCUT2D eigenvalue weighted by Crippen LogP contribution is -2.62. The van der Waals surface area contributed by atoms with Crippen LogP contribution < -0.4 is 30.2 Å². The van der Waals surface area contributed by atoms with Crippen LogP contribution in [0.15, 0.2) is 66.9 Å². The summed E-state index contributed by atoms with van der Waals surface area (Å²) in [6.07, 6.45) is 7.15. The Morgan fingerprint density at radius 3 is 2.57 bits per heavy atom. The Balaban J connectivity index is 1.18. The number of aliphatic hydroxyl groups excluding tert-OH is 2. The Morgan fingerprint density at radius 2 is 1.76 bits per heavy atom. The molecule has 0 radical (unpaired) electrons. The topological polar surface area (TPSA) is 190 Å². The van der Waals surface area contributed by atoms with E-state index in [1.807, 2.05) is 32.3 Å². The summed E-state index contributed by atoms with van der Waals surface area (Å²) in [5, 5.41) is 66.4. The van der Waals surface area contributed by atoms with E-state index in [1.54, 1.807) is 18.2 Å². The second-order valence-electron chi connectivity index (χ2n) is 19.7. The lowest BCUT2D eigenvalue weighted by molar-refractivity contribution is -0.141. The second kappa shape index (κ2) is 18.2. The quantitative estimate of drug-likeness (QED) is 0.0358. The standard InChI is InChI=1S/C54H62N4O9/c1-30(2)23-53(3,63)27-56-28-58-47-7-5-6-34(25-59)65-46-21-33(9-16-45(46)62)52-54(47,64-29-55-4)24-42-41-22-40-36(31-8-15-43-32(20-31)18-19-57-43)12-13-37-44(61)17-14-38(48(37)40)49(41)51-39(50(42)67-52)11-10-35(26-60)66-51/h8-9,12-21,30,34-36,40,47,52,55-63H,6,10-11,22-29H2,1-4H3/t34-,35+,36-,40+,47+,52-,53+,54+/m1/s1. The average Bonchev–Trinajstić information content (AvgIpc) is 3.79. The molecule has 10 rings (SSSR count). The highest BCUT2D eigenvalue weighted by atomic mass is 16.6. The Labute approximate surface area is 391 Å². The zero-order valence-electron chi connectivity index (χ0n) is 38.6. The molecule has 5 aliphatic rings. The van der Waals surface area contributed by atoms with Crippen LogP contribution in [0, 0.1) is 17.8 Å². The van der Waals surface area contributed by atoms with Gasteiger partial charge in [0.25, 0.3) is 0 Å². The lowest BCUT2D eigenvalue weighted by atomic mass is 9.64. The summed E-state index contributed by atoms with van der Waals surface area (Å²) in [4.78, 5) is 3.33. The number of nitrogens with one attached hydrogen (secondary N) is 4. The predicted molar refractivity (Wildman–Crippen MR) is 257 cm³/mol. The van der Waals surface area contributed by atoms with Crippen molar-refractivity contribution in [2.75, 3.05) is 40.2 Å². The van der Waals surface area contributed by atoms with Gasteiger partial charge in [0.05, 0.1) is 25.5 Å². The van der Waals surface area contributed by atoms with Crippen molar-refractivity contribution < 1.29 is 44.5 Å². The summed E-state index contributed by atoms with van der Waals surface area (Å²) < 4.78 is 27.9. The maximum Gasteiger partial charge on any atom is 0.161 e. The Bertz CT molecular complexity index is 2770. The average molecular weight is 911 g/mol. The lowest BCUT2D eigenvalue weighted by Gasteiger charge is -2.50. The van der Waals surface area contributed by atoms with Crippen LogP contribution in [0.1, 0.15) is 96.9 Å². The van der Waals surface area contributed by atoms with Gasteiger partial charge >= 0.3 is 0 Å². The molecule has 2 aliphatic carbocycles. The smallest absolute Gasteiger partial charge is 0.161 e. The number of H-pyrrole nitrogens is 1. The number of hydrogen-bond donors (Lipinski definition) is 9. The third-order valence-corrected chi connectivity index (χ3v) is 14.4. The van der Waals surface area contributed by atoms with E-state index in [2.05, 4.69) is 83.0 Å². The molecule has 13 nitrogen and oxygen atoms in total. The van der Waals surface area contributed by atoms with Crippen LogP contribution in [-0.2, 0) is 24.0 Å². The minimum atomic E-state index is -1.24. The first-order valence-electron chi connectivity index (χ1n) is 23.7. The maximum absolute atomic E-state index is 11.5. The van der Waals surface area contributed by atoms with Gasteiger partial charge in [-0.1, -0.05) is 56.0 Å². The molecule has 0 saturated carbocycles. The van der Waals surface area contributed by atoms with Gasteiger partial charge in [-0.2, -0.15) is 0 Å². The summed E-state index contributed by atoms with van der Waals surface area (Å²) in [5.41, 5.74) is 7.43. The van der Waals surface area contributed by atoms with Gasteiger partial charge < -0.3 is 54.8 Å². The van der Waals surface area contributed by atoms with Crippen LogP contribution in [0.3, 0.4) is 0 Å². The molecule has 0 amide bonds. The van der Waals surface area contributed by atoms with E-state index in [1.165, 1.54) is 5.56 Å². The summed E-state index contributed by atoms with van der Waals surface area (Å²) in [6, 6.07) is 16.9. The van der Waals surface area contributed by atoms with Crippen LogP contribution in [0.25, 0.3) is 28.1 Å². The fourth-order valence-corrected chi connectivity index (χ4v) is 11.5. The number of rotatable bonds is 13. The molecule has 4 heterocycles. The second-order valence-corrected chi connectivity index (χ2v) is 19.7. The zero-order valence-corrected chi connectivity index (χ0v) is 38.6. The molecule has 67 heavy (non-hydrogen) atoms. The van der Waals surface area contributed by atoms with Crippen molar-refractivity contribution in [2.45, 2.75) is 107 Å². The highest BCUT2D eigenvalue weighted by Crippen LogP contribution is 2.61. The first-order valence-corrected chi connectivity index (χ1v) is 23.7. The molecule has 0 spiro atoms. The van der Waals surface area contributed by atoms with Crippen LogP contribution in [0.5, 0.6) is 28.7 Å². The summed E-state index contributed by atoms with van der Waals surface area (Å²) >= 11 is 0. The van der Waals surface area contributed by atoms with E-state index in [9.17, 15) is 25.5 Å². The molecule has 9 N–H and O–H groups in total. The van der Waals surface area contributed by atoms with Gasteiger partial charge in [0.1, 0.15) is 41.1 Å². The molecule has 1 aromatic heterocycles. The molecule has 4 aromatic carbocycles. The maximum atomic E-state index is 11.5. The van der Waals surface area contributed by atoms with Crippen molar-refractivity contribution in [3.63, 3.8) is 0 Å². The van der Waals surface area contributed by atoms with Crippen LogP contribution in [-0.4, -0.2) is 100 Å². The number of phenolic OH excluding ortho intramolecular Hbond substituents is 2. The first kappa shape index (κ1) is 45.2. The van der Waals surface area contributed by atoms with E-state index >= 15 is 0 Å². The predicted octanol–water partition coefficient (Wildman–Crippen LogP) is 6.44. The van der Waals surface area contributed by atoms with Crippen LogP contribution >= 0.6 is 0 Å².